The van der Waals surface area contributed by atoms with E-state index in [9.17, 15) is 22.8 Å². The summed E-state index contributed by atoms with van der Waals surface area (Å²) in [4.78, 5) is 24.1. The second-order valence-electron chi connectivity index (χ2n) is 5.79. The van der Waals surface area contributed by atoms with Gasteiger partial charge in [0.2, 0.25) is 5.91 Å². The standard InChI is InChI=1S/C18H14ClF3N2O4/c19-10-6-9(7-13-17(10)28-5-1-4-27-13)18(26)23-8-14(25)24-12-3-2-11(20)15(21)16(12)22/h2-3,6-7H,1,4-5,8H2,(H,23,26)(H,24,25). The quantitative estimate of drug-likeness (QED) is 0.753. The van der Waals surface area contributed by atoms with Crippen LogP contribution in [0.5, 0.6) is 11.5 Å². The molecule has 0 bridgehead atoms. The molecular weight excluding hydrogens is 401 g/mol. The van der Waals surface area contributed by atoms with Crippen LogP contribution in [-0.4, -0.2) is 31.6 Å². The molecule has 1 aliphatic heterocycles. The Kier molecular flexibility index (Phi) is 5.93. The highest BCUT2D eigenvalue weighted by molar-refractivity contribution is 6.32. The van der Waals surface area contributed by atoms with Crippen molar-refractivity contribution in [2.45, 2.75) is 6.42 Å². The van der Waals surface area contributed by atoms with Gasteiger partial charge in [0.15, 0.2) is 29.0 Å². The predicted molar refractivity (Wildman–Crippen MR) is 94.3 cm³/mol. The molecule has 1 heterocycles. The van der Waals surface area contributed by atoms with E-state index in [1.54, 1.807) is 0 Å². The Hall–Kier alpha value is -2.94. The lowest BCUT2D eigenvalue weighted by Crippen LogP contribution is -2.33. The van der Waals surface area contributed by atoms with Crippen molar-refractivity contribution in [1.82, 2.24) is 5.32 Å². The van der Waals surface area contributed by atoms with Crippen LogP contribution in [0.2, 0.25) is 5.02 Å². The lowest BCUT2D eigenvalue weighted by atomic mass is 10.2. The van der Waals surface area contributed by atoms with Gasteiger partial charge in [-0.05, 0) is 24.3 Å². The fourth-order valence-electron chi connectivity index (χ4n) is 2.44. The first-order valence-corrected chi connectivity index (χ1v) is 8.55. The van der Waals surface area contributed by atoms with Gasteiger partial charge in [0.1, 0.15) is 0 Å². The summed E-state index contributed by atoms with van der Waals surface area (Å²) in [5.74, 6) is -5.45. The van der Waals surface area contributed by atoms with E-state index in [1.807, 2.05) is 5.32 Å². The Balaban J connectivity index is 1.64. The second-order valence-corrected chi connectivity index (χ2v) is 6.20. The molecular formula is C18H14ClF3N2O4. The molecule has 0 saturated carbocycles. The van der Waals surface area contributed by atoms with Crippen molar-refractivity contribution >= 4 is 29.1 Å². The number of hydrogen-bond acceptors (Lipinski definition) is 4. The zero-order chi connectivity index (χ0) is 20.3. The van der Waals surface area contributed by atoms with Gasteiger partial charge in [-0.15, -0.1) is 0 Å². The summed E-state index contributed by atoms with van der Waals surface area (Å²) in [6.45, 7) is 0.291. The van der Waals surface area contributed by atoms with Gasteiger partial charge in [0, 0.05) is 12.0 Å². The highest BCUT2D eigenvalue weighted by Gasteiger charge is 2.19. The summed E-state index contributed by atoms with van der Waals surface area (Å²) < 4.78 is 50.6. The van der Waals surface area contributed by atoms with Crippen molar-refractivity contribution in [3.05, 3.63) is 52.3 Å². The van der Waals surface area contributed by atoms with Crippen LogP contribution in [0, 0.1) is 17.5 Å². The molecule has 0 aromatic heterocycles. The Morgan fingerprint density at radius 2 is 1.82 bits per heavy atom. The molecule has 1 aliphatic rings. The first kappa shape index (κ1) is 19.8. The number of hydrogen-bond donors (Lipinski definition) is 2. The van der Waals surface area contributed by atoms with Gasteiger partial charge in [-0.25, -0.2) is 13.2 Å². The lowest BCUT2D eigenvalue weighted by molar-refractivity contribution is -0.115. The number of benzene rings is 2. The first-order valence-electron chi connectivity index (χ1n) is 8.17. The van der Waals surface area contributed by atoms with E-state index >= 15 is 0 Å². The average Bonchev–Trinajstić information content (AvgIpc) is 2.92. The average molecular weight is 415 g/mol. The monoisotopic (exact) mass is 414 g/mol. The SMILES string of the molecule is O=C(CNC(=O)c1cc(Cl)c2c(c1)OCCCO2)Nc1ccc(F)c(F)c1F. The number of carbonyl (C=O) groups excluding carboxylic acids is 2. The molecule has 2 amide bonds. The molecule has 0 atom stereocenters. The molecule has 3 rings (SSSR count). The Morgan fingerprint density at radius 1 is 1.07 bits per heavy atom. The third kappa shape index (κ3) is 4.30. The Morgan fingerprint density at radius 3 is 2.61 bits per heavy atom. The van der Waals surface area contributed by atoms with Gasteiger partial charge in [0.25, 0.3) is 5.91 Å². The van der Waals surface area contributed by atoms with Crippen LogP contribution in [0.1, 0.15) is 16.8 Å². The molecule has 0 saturated heterocycles. The number of amides is 2. The smallest absolute Gasteiger partial charge is 0.251 e. The van der Waals surface area contributed by atoms with Gasteiger partial charge in [-0.1, -0.05) is 11.6 Å². The van der Waals surface area contributed by atoms with E-state index < -0.39 is 41.5 Å². The minimum absolute atomic E-state index is 0.126. The predicted octanol–water partition coefficient (Wildman–Crippen LogP) is 3.29. The number of carbonyl (C=O) groups is 2. The molecule has 148 valence electrons. The molecule has 2 N–H and O–H groups in total. The highest BCUT2D eigenvalue weighted by atomic mass is 35.5. The van der Waals surface area contributed by atoms with Crippen LogP contribution in [-0.2, 0) is 4.79 Å². The zero-order valence-electron chi connectivity index (χ0n) is 14.3. The van der Waals surface area contributed by atoms with E-state index in [2.05, 4.69) is 5.32 Å². The zero-order valence-corrected chi connectivity index (χ0v) is 15.0. The number of fused-ring (bicyclic) bond motifs is 1. The number of anilines is 1. The number of nitrogens with one attached hydrogen (secondary N) is 2. The van der Waals surface area contributed by atoms with Gasteiger partial charge in [-0.3, -0.25) is 9.59 Å². The van der Waals surface area contributed by atoms with Gasteiger partial charge in [-0.2, -0.15) is 0 Å². The molecule has 0 fully saturated rings. The largest absolute Gasteiger partial charge is 0.489 e. The van der Waals surface area contributed by atoms with Crippen LogP contribution in [0.25, 0.3) is 0 Å². The summed E-state index contributed by atoms with van der Waals surface area (Å²) >= 11 is 6.11. The summed E-state index contributed by atoms with van der Waals surface area (Å²) in [5.41, 5.74) is -0.419. The summed E-state index contributed by atoms with van der Waals surface area (Å²) in [6.07, 6.45) is 0.660. The number of ether oxygens (including phenoxy) is 2. The minimum atomic E-state index is -1.70. The first-order chi connectivity index (χ1) is 13.4. The second kappa shape index (κ2) is 8.39. The molecule has 0 radical (unpaired) electrons. The molecule has 0 spiro atoms. The van der Waals surface area contributed by atoms with Crippen molar-refractivity contribution in [2.24, 2.45) is 0 Å². The van der Waals surface area contributed by atoms with Crippen molar-refractivity contribution in [3.8, 4) is 11.5 Å². The maximum atomic E-state index is 13.6. The van der Waals surface area contributed by atoms with Gasteiger partial charge >= 0.3 is 0 Å². The van der Waals surface area contributed by atoms with Crippen molar-refractivity contribution in [3.63, 3.8) is 0 Å². The van der Waals surface area contributed by atoms with Crippen LogP contribution < -0.4 is 20.1 Å². The molecule has 0 unspecified atom stereocenters. The van der Waals surface area contributed by atoms with Crippen LogP contribution in [0.15, 0.2) is 24.3 Å². The molecule has 6 nitrogen and oxygen atoms in total. The van der Waals surface area contributed by atoms with Crippen molar-refractivity contribution in [2.75, 3.05) is 25.1 Å². The molecule has 10 heteroatoms. The molecule has 2 aromatic rings. The third-order valence-corrected chi connectivity index (χ3v) is 4.06. The maximum absolute atomic E-state index is 13.6. The maximum Gasteiger partial charge on any atom is 0.251 e. The molecule has 28 heavy (non-hydrogen) atoms. The van der Waals surface area contributed by atoms with Crippen LogP contribution in [0.3, 0.4) is 0 Å². The Bertz CT molecular complexity index is 940. The number of rotatable bonds is 4. The fourth-order valence-corrected chi connectivity index (χ4v) is 2.71. The fraction of sp³-hybridized carbons (Fsp3) is 0.222. The van der Waals surface area contributed by atoms with Crippen molar-refractivity contribution in [1.29, 1.82) is 0 Å². The molecule has 0 aliphatic carbocycles. The topological polar surface area (TPSA) is 76.7 Å². The Labute approximate surface area is 162 Å². The van der Waals surface area contributed by atoms with E-state index in [4.69, 9.17) is 21.1 Å². The van der Waals surface area contributed by atoms with E-state index in [-0.39, 0.29) is 10.6 Å². The minimum Gasteiger partial charge on any atom is -0.489 e. The van der Waals surface area contributed by atoms with Crippen LogP contribution >= 0.6 is 11.6 Å². The normalized spacial score (nSPS) is 12.9. The third-order valence-electron chi connectivity index (χ3n) is 3.78. The van der Waals surface area contributed by atoms with Crippen molar-refractivity contribution < 1.29 is 32.2 Å². The lowest BCUT2D eigenvalue weighted by Gasteiger charge is -2.12. The van der Waals surface area contributed by atoms with E-state index in [1.165, 1.54) is 12.1 Å². The summed E-state index contributed by atoms with van der Waals surface area (Å²) in [7, 11) is 0. The number of halogens is 4. The van der Waals surface area contributed by atoms with Crippen LogP contribution in [0.4, 0.5) is 18.9 Å². The summed E-state index contributed by atoms with van der Waals surface area (Å²) in [5, 5.41) is 4.54. The van der Waals surface area contributed by atoms with E-state index in [0.29, 0.717) is 37.2 Å². The van der Waals surface area contributed by atoms with Gasteiger partial charge in [0.05, 0.1) is 30.5 Å². The molecule has 2 aromatic carbocycles. The summed E-state index contributed by atoms with van der Waals surface area (Å²) in [6, 6.07) is 4.33. The van der Waals surface area contributed by atoms with E-state index in [0.717, 1.165) is 6.07 Å². The highest BCUT2D eigenvalue weighted by Crippen LogP contribution is 2.37. The van der Waals surface area contributed by atoms with Gasteiger partial charge < -0.3 is 20.1 Å².